The van der Waals surface area contributed by atoms with Crippen LogP contribution in [0.2, 0.25) is 51.4 Å². The van der Waals surface area contributed by atoms with E-state index in [1.807, 2.05) is 4.68 Å². The van der Waals surface area contributed by atoms with Crippen LogP contribution in [0, 0.1) is 19.8 Å². The molecule has 0 saturated carbocycles. The smallest absolute Gasteiger partial charge is 0.314 e. The number of nitrogens with one attached hydrogen (secondary N) is 1. The van der Waals surface area contributed by atoms with Gasteiger partial charge in [0, 0.05) is 42.1 Å². The number of nitrogen functional groups attached to an aromatic ring is 2. The van der Waals surface area contributed by atoms with Crippen LogP contribution in [0.5, 0.6) is 0 Å². The van der Waals surface area contributed by atoms with Gasteiger partial charge in [-0.15, -0.1) is 0 Å². The van der Waals surface area contributed by atoms with Crippen molar-refractivity contribution in [2.75, 3.05) is 36.5 Å². The van der Waals surface area contributed by atoms with Crippen molar-refractivity contribution >= 4 is 83.0 Å². The van der Waals surface area contributed by atoms with Crippen LogP contribution < -0.4 is 16.8 Å². The van der Waals surface area contributed by atoms with Gasteiger partial charge >= 0.3 is 11.8 Å². The molecule has 308 valence electrons. The van der Waals surface area contributed by atoms with E-state index in [-0.39, 0.29) is 12.8 Å². The molecule has 5 aromatic rings. The first-order chi connectivity index (χ1) is 26.8. The number of anilines is 3. The van der Waals surface area contributed by atoms with Gasteiger partial charge < -0.3 is 31.2 Å². The van der Waals surface area contributed by atoms with E-state index < -0.39 is 28.0 Å². The molecule has 0 aliphatic carbocycles. The summed E-state index contributed by atoms with van der Waals surface area (Å²) in [5.41, 5.74) is 17.3. The Morgan fingerprint density at radius 1 is 0.825 bits per heavy atom. The van der Waals surface area contributed by atoms with Crippen molar-refractivity contribution in [2.24, 2.45) is 5.92 Å². The van der Waals surface area contributed by atoms with Gasteiger partial charge in [0.15, 0.2) is 0 Å². The summed E-state index contributed by atoms with van der Waals surface area (Å²) in [6.45, 7) is 22.7. The lowest BCUT2D eigenvalue weighted by Gasteiger charge is -2.38. The van der Waals surface area contributed by atoms with E-state index in [0.29, 0.717) is 54.0 Å². The summed E-state index contributed by atoms with van der Waals surface area (Å²) in [5.74, 6) is -0.145. The molecular weight excluding hydrogens is 821 g/mol. The quantitative estimate of drug-likeness (QED) is 0.0632. The number of likely N-dealkylation sites (tertiary alicyclic amines) is 1. The number of pyridine rings is 2. The van der Waals surface area contributed by atoms with E-state index in [4.69, 9.17) is 20.9 Å². The minimum absolute atomic E-state index is 0.140. The fourth-order valence-corrected chi connectivity index (χ4v) is 8.59. The predicted molar refractivity (Wildman–Crippen MR) is 237 cm³/mol. The maximum Gasteiger partial charge on any atom is 0.314 e. The maximum atomic E-state index is 13.5. The Kier molecular flexibility index (Phi) is 14.3. The van der Waals surface area contributed by atoms with Crippen molar-refractivity contribution in [3.63, 3.8) is 0 Å². The number of ether oxygens (including phenoxy) is 2. The molecule has 1 aliphatic heterocycles. The number of fused-ring (bicyclic) bond motifs is 2. The first-order valence-electron chi connectivity index (χ1n) is 19.5. The number of piperidine rings is 1. The molecule has 1 aromatic carbocycles. The van der Waals surface area contributed by atoms with Crippen LogP contribution in [-0.4, -0.2) is 82.1 Å². The Morgan fingerprint density at radius 3 is 1.96 bits per heavy atom. The number of aryl methyl sites for hydroxylation is 2. The van der Waals surface area contributed by atoms with Gasteiger partial charge in [-0.1, -0.05) is 64.4 Å². The van der Waals surface area contributed by atoms with Crippen LogP contribution in [0.25, 0.3) is 21.8 Å². The summed E-state index contributed by atoms with van der Waals surface area (Å²) in [7, 11) is -2.28. The maximum absolute atomic E-state index is 13.5. The fraction of sp³-hybridized carbons (Fsp3) is 0.500. The van der Waals surface area contributed by atoms with Crippen LogP contribution in [-0.2, 0) is 32.5 Å². The molecule has 2 unspecified atom stereocenters. The van der Waals surface area contributed by atoms with Gasteiger partial charge in [-0.05, 0) is 77.3 Å². The summed E-state index contributed by atoms with van der Waals surface area (Å²) in [4.78, 5) is 36.9. The summed E-state index contributed by atoms with van der Waals surface area (Å²) in [5, 5.41) is 13.0. The Balaban J connectivity index is 0.000000273. The van der Waals surface area contributed by atoms with Crippen molar-refractivity contribution in [1.29, 1.82) is 0 Å². The summed E-state index contributed by atoms with van der Waals surface area (Å²) >= 11 is 3.47. The van der Waals surface area contributed by atoms with Crippen LogP contribution in [0.1, 0.15) is 42.5 Å². The Bertz CT molecular complexity index is 2200. The number of carbonyl (C=O) groups excluding carboxylic acids is 2. The number of nitrogens with zero attached hydrogens (tertiary/aromatic N) is 7. The average Bonchev–Trinajstić information content (AvgIpc) is 3.78. The third-order valence-corrected chi connectivity index (χ3v) is 14.2. The van der Waals surface area contributed by atoms with E-state index in [0.717, 1.165) is 52.5 Å². The average molecular weight is 880 g/mol. The lowest BCUT2D eigenvalue weighted by Crippen LogP contribution is -2.46. The standard InChI is InChI=1S/C28H40N6O3Si.C12H19BrN4OSi/c1-18-7-10-24(21-9-8-19(2)20(3)13-21)33(16-18)28(36)27(35)32-23-15-30-26(29)22-14-31-34(25(22)23)17-37-11-12-38(4,5)6;1-19(2,3)5-4-18-8-17-11-9(6-16-17)12(14)15-7-10(11)13/h8-9,13-15,18,24H,7,10-12,16-17H2,1-6H3,(H2,29,30)(H,32,35);6-7H,4-5,8H2,1-3H3,(H2,14,15). The molecule has 0 spiro atoms. The largest absolute Gasteiger partial charge is 0.383 e. The number of rotatable bonds is 12. The number of carbonyl (C=O) groups is 2. The van der Waals surface area contributed by atoms with Crippen molar-refractivity contribution in [1.82, 2.24) is 34.4 Å². The zero-order chi connectivity index (χ0) is 41.7. The van der Waals surface area contributed by atoms with E-state index in [1.165, 1.54) is 17.3 Å². The second-order valence-electron chi connectivity index (χ2n) is 17.5. The number of hydrogen-bond acceptors (Lipinski definition) is 10. The second kappa shape index (κ2) is 18.6. The van der Waals surface area contributed by atoms with Crippen LogP contribution in [0.15, 0.2) is 47.5 Å². The third-order valence-electron chi connectivity index (χ3n) is 10.2. The molecule has 0 radical (unpaired) electrons. The SMILES string of the molecule is C[Si](C)(C)CCOCn1ncc2c(N)ncc(Br)c21.Cc1ccc(C2CCC(C)CN2C(=O)C(=O)Nc2cnc(N)c3cnn(COCC[Si](C)(C)C)c23)cc1C. The number of amides is 2. The zero-order valence-electron chi connectivity index (χ0n) is 34.9. The highest BCUT2D eigenvalue weighted by Crippen LogP contribution is 2.35. The normalized spacial score (nSPS) is 16.1. The van der Waals surface area contributed by atoms with Crippen molar-refractivity contribution in [3.05, 3.63) is 64.1 Å². The fourth-order valence-electron chi connectivity index (χ4n) is 6.55. The first-order valence-corrected chi connectivity index (χ1v) is 27.7. The molecule has 4 aromatic heterocycles. The van der Waals surface area contributed by atoms with Gasteiger partial charge in [0.2, 0.25) is 0 Å². The number of halogens is 1. The highest BCUT2D eigenvalue weighted by Gasteiger charge is 2.35. The molecular formula is C40H59BrN10O4Si2. The molecule has 17 heteroatoms. The van der Waals surface area contributed by atoms with Crippen LogP contribution >= 0.6 is 15.9 Å². The molecule has 1 fully saturated rings. The van der Waals surface area contributed by atoms with E-state index in [1.54, 1.807) is 28.2 Å². The van der Waals surface area contributed by atoms with E-state index >= 15 is 0 Å². The highest BCUT2D eigenvalue weighted by atomic mass is 79.9. The first kappa shape index (κ1) is 43.9. The molecule has 14 nitrogen and oxygen atoms in total. The monoisotopic (exact) mass is 878 g/mol. The molecule has 2 amide bonds. The summed E-state index contributed by atoms with van der Waals surface area (Å²) in [6.07, 6.45) is 8.32. The van der Waals surface area contributed by atoms with Crippen LogP contribution in [0.3, 0.4) is 0 Å². The van der Waals surface area contributed by atoms with Gasteiger partial charge in [-0.25, -0.2) is 19.3 Å². The minimum atomic E-state index is -1.23. The molecule has 6 rings (SSSR count). The van der Waals surface area contributed by atoms with Gasteiger partial charge in [0.25, 0.3) is 0 Å². The molecule has 2 atom stereocenters. The van der Waals surface area contributed by atoms with Gasteiger partial charge in [-0.3, -0.25) is 9.59 Å². The number of benzene rings is 1. The van der Waals surface area contributed by atoms with Crippen molar-refractivity contribution < 1.29 is 19.1 Å². The molecule has 1 saturated heterocycles. The van der Waals surface area contributed by atoms with Gasteiger partial charge in [0.05, 0.1) is 56.6 Å². The Morgan fingerprint density at radius 2 is 1.39 bits per heavy atom. The lowest BCUT2D eigenvalue weighted by molar-refractivity contribution is -0.146. The van der Waals surface area contributed by atoms with Gasteiger partial charge in [-0.2, -0.15) is 10.2 Å². The highest BCUT2D eigenvalue weighted by molar-refractivity contribution is 9.10. The third kappa shape index (κ3) is 11.5. The van der Waals surface area contributed by atoms with Crippen molar-refractivity contribution in [2.45, 2.75) is 104 Å². The Hall–Kier alpha value is -4.17. The number of hydrogen-bond donors (Lipinski definition) is 3. The minimum Gasteiger partial charge on any atom is -0.383 e. The van der Waals surface area contributed by atoms with E-state index in [2.05, 4.69) is 120 Å². The molecule has 1 aliphatic rings. The second-order valence-corrected chi connectivity index (χ2v) is 29.6. The molecule has 57 heavy (non-hydrogen) atoms. The molecule has 5 heterocycles. The lowest BCUT2D eigenvalue weighted by atomic mass is 9.88. The number of aromatic nitrogens is 6. The van der Waals surface area contributed by atoms with Gasteiger partial charge in [0.1, 0.15) is 25.1 Å². The Labute approximate surface area is 346 Å². The van der Waals surface area contributed by atoms with Crippen molar-refractivity contribution in [3.8, 4) is 0 Å². The zero-order valence-corrected chi connectivity index (χ0v) is 38.4. The molecule has 5 N–H and O–H groups in total. The molecule has 0 bridgehead atoms. The predicted octanol–water partition coefficient (Wildman–Crippen LogP) is 7.97. The van der Waals surface area contributed by atoms with Crippen LogP contribution in [0.4, 0.5) is 17.3 Å². The topological polar surface area (TPSA) is 181 Å². The summed E-state index contributed by atoms with van der Waals surface area (Å²) in [6, 6.07) is 8.31. The van der Waals surface area contributed by atoms with E-state index in [9.17, 15) is 9.59 Å². The summed E-state index contributed by atoms with van der Waals surface area (Å²) < 4.78 is 15.9. The number of nitrogens with two attached hydrogens (primary N) is 2.